The summed E-state index contributed by atoms with van der Waals surface area (Å²) in [6, 6.07) is 22.6. The highest BCUT2D eigenvalue weighted by atomic mass is 32.1. The highest BCUT2D eigenvalue weighted by Crippen LogP contribution is 2.42. The van der Waals surface area contributed by atoms with Crippen molar-refractivity contribution in [2.24, 2.45) is 4.99 Å². The number of hydrogen-bond acceptors (Lipinski definition) is 5. The minimum atomic E-state index is -0.269. The lowest BCUT2D eigenvalue weighted by atomic mass is 9.83. The van der Waals surface area contributed by atoms with E-state index in [0.717, 1.165) is 40.8 Å². The van der Waals surface area contributed by atoms with E-state index < -0.39 is 0 Å². The average molecular weight is 537 g/mol. The number of aromatic nitrogens is 1. The van der Waals surface area contributed by atoms with Crippen LogP contribution < -0.4 is 24.4 Å². The summed E-state index contributed by atoms with van der Waals surface area (Å²) >= 11 is 1.45. The molecule has 0 N–H and O–H groups in total. The zero-order valence-electron chi connectivity index (χ0n) is 22.9. The molecule has 0 saturated heterocycles. The molecule has 6 rings (SSSR count). The first-order valence-electron chi connectivity index (χ1n) is 13.2. The highest BCUT2D eigenvalue weighted by Gasteiger charge is 2.33. The van der Waals surface area contributed by atoms with Crippen molar-refractivity contribution in [3.63, 3.8) is 0 Å². The number of hydrogen-bond donors (Lipinski definition) is 0. The third kappa shape index (κ3) is 4.43. The molecule has 1 atom stereocenters. The molecule has 0 fully saturated rings. The number of thiazole rings is 1. The van der Waals surface area contributed by atoms with Crippen LogP contribution in [0.3, 0.4) is 0 Å². The zero-order valence-corrected chi connectivity index (χ0v) is 23.8. The molecule has 2 aliphatic rings. The summed E-state index contributed by atoms with van der Waals surface area (Å²) in [5, 5.41) is 0. The molecule has 6 heteroatoms. The Morgan fingerprint density at radius 1 is 0.949 bits per heavy atom. The second-order valence-corrected chi connectivity index (χ2v) is 12.1. The van der Waals surface area contributed by atoms with Crippen molar-refractivity contribution in [2.75, 3.05) is 14.2 Å². The van der Waals surface area contributed by atoms with Gasteiger partial charge in [-0.2, -0.15) is 0 Å². The molecule has 1 aliphatic heterocycles. The van der Waals surface area contributed by atoms with E-state index in [9.17, 15) is 4.79 Å². The molecule has 0 unspecified atom stereocenters. The molecule has 0 bridgehead atoms. The minimum absolute atomic E-state index is 0.0242. The lowest BCUT2D eigenvalue weighted by molar-refractivity contribution is 0.354. The van der Waals surface area contributed by atoms with Gasteiger partial charge in [-0.3, -0.25) is 9.36 Å². The molecule has 3 aromatic carbocycles. The van der Waals surface area contributed by atoms with Gasteiger partial charge in [-0.1, -0.05) is 86.7 Å². The van der Waals surface area contributed by atoms with Crippen LogP contribution in [0, 0.1) is 0 Å². The number of fused-ring (bicyclic) bond motifs is 3. The van der Waals surface area contributed by atoms with Gasteiger partial charge < -0.3 is 9.47 Å². The molecular formula is C33H32N2O3S. The molecule has 0 amide bonds. The Balaban J connectivity index is 1.56. The summed E-state index contributed by atoms with van der Waals surface area (Å²) in [6.45, 7) is 6.61. The number of aryl methyl sites for hydroxylation is 1. The third-order valence-corrected chi connectivity index (χ3v) is 8.65. The summed E-state index contributed by atoms with van der Waals surface area (Å²) in [7, 11) is 3.27. The molecule has 39 heavy (non-hydrogen) atoms. The lowest BCUT2D eigenvalue weighted by Crippen LogP contribution is -2.38. The van der Waals surface area contributed by atoms with Crippen LogP contribution in [-0.2, 0) is 11.8 Å². The fraction of sp³-hybridized carbons (Fsp3) is 0.273. The number of allylic oxidation sites excluding steroid dienone is 1. The van der Waals surface area contributed by atoms with Gasteiger partial charge in [-0.25, -0.2) is 4.99 Å². The number of rotatable bonds is 4. The number of ether oxygens (including phenoxy) is 2. The molecule has 2 heterocycles. The number of benzene rings is 3. The van der Waals surface area contributed by atoms with E-state index >= 15 is 0 Å². The van der Waals surface area contributed by atoms with Crippen LogP contribution in [-0.4, -0.2) is 18.8 Å². The maximum Gasteiger partial charge on any atom is 0.271 e. The Morgan fingerprint density at radius 3 is 2.41 bits per heavy atom. The molecule has 0 spiro atoms. The van der Waals surface area contributed by atoms with Crippen LogP contribution in [0.25, 0.3) is 11.8 Å². The number of nitrogens with zero attached hydrogens (tertiary/aromatic N) is 2. The Labute approximate surface area is 232 Å². The SMILES string of the molecule is COc1ccc([C@H]2C3=C(N=c4s/c(=C\c5ccc(C(C)(C)C)cc5)c(=O)n42)c2ccccc2CC3)cc1OC. The van der Waals surface area contributed by atoms with Crippen molar-refractivity contribution in [1.82, 2.24) is 4.57 Å². The molecular weight excluding hydrogens is 504 g/mol. The van der Waals surface area contributed by atoms with Crippen molar-refractivity contribution in [2.45, 2.75) is 45.1 Å². The van der Waals surface area contributed by atoms with Crippen LogP contribution in [0.15, 0.2) is 82.1 Å². The van der Waals surface area contributed by atoms with E-state index in [0.29, 0.717) is 20.8 Å². The Hall–Kier alpha value is -3.90. The van der Waals surface area contributed by atoms with E-state index in [1.807, 2.05) is 28.8 Å². The van der Waals surface area contributed by atoms with Crippen LogP contribution in [0.1, 0.15) is 61.1 Å². The monoisotopic (exact) mass is 536 g/mol. The van der Waals surface area contributed by atoms with Crippen LogP contribution in [0.5, 0.6) is 11.5 Å². The normalized spacial score (nSPS) is 16.7. The molecule has 4 aromatic rings. The molecule has 1 aliphatic carbocycles. The van der Waals surface area contributed by atoms with Crippen molar-refractivity contribution >= 4 is 23.1 Å². The van der Waals surface area contributed by atoms with Crippen molar-refractivity contribution in [3.05, 3.63) is 120 Å². The molecule has 0 saturated carbocycles. The molecule has 0 radical (unpaired) electrons. The second-order valence-electron chi connectivity index (χ2n) is 11.1. The molecule has 198 valence electrons. The standard InChI is InChI=1S/C33H32N2O3S/c1-33(2,3)23-14-10-20(11-15-23)18-28-31(36)35-30(22-13-17-26(37-4)27(19-22)38-5)25-16-12-21-8-6-7-9-24(21)29(25)34-32(35)39-28/h6-11,13-15,17-19,30H,12,16H2,1-5H3/b28-18-/t30-/m0/s1. The Bertz CT molecular complexity index is 1790. The van der Waals surface area contributed by atoms with E-state index in [-0.39, 0.29) is 17.0 Å². The minimum Gasteiger partial charge on any atom is -0.493 e. The van der Waals surface area contributed by atoms with E-state index in [4.69, 9.17) is 14.5 Å². The van der Waals surface area contributed by atoms with Gasteiger partial charge in [-0.05, 0) is 64.3 Å². The zero-order chi connectivity index (χ0) is 27.3. The fourth-order valence-electron chi connectivity index (χ4n) is 5.58. The van der Waals surface area contributed by atoms with Crippen molar-refractivity contribution in [3.8, 4) is 11.5 Å². The van der Waals surface area contributed by atoms with Gasteiger partial charge in [0.05, 0.1) is 30.5 Å². The summed E-state index contributed by atoms with van der Waals surface area (Å²) in [5.41, 5.74) is 7.90. The van der Waals surface area contributed by atoms with Crippen LogP contribution in [0.4, 0.5) is 0 Å². The maximum absolute atomic E-state index is 14.0. The Kier molecular flexibility index (Phi) is 6.31. The van der Waals surface area contributed by atoms with Gasteiger partial charge >= 0.3 is 0 Å². The van der Waals surface area contributed by atoms with E-state index in [1.54, 1.807) is 14.2 Å². The molecule has 5 nitrogen and oxygen atoms in total. The van der Waals surface area contributed by atoms with Crippen LogP contribution in [0.2, 0.25) is 0 Å². The van der Waals surface area contributed by atoms with Crippen LogP contribution >= 0.6 is 11.3 Å². The first-order valence-corrected chi connectivity index (χ1v) is 14.1. The van der Waals surface area contributed by atoms with Gasteiger partial charge in [0.2, 0.25) is 0 Å². The summed E-state index contributed by atoms with van der Waals surface area (Å²) in [5.74, 6) is 1.31. The summed E-state index contributed by atoms with van der Waals surface area (Å²) in [4.78, 5) is 19.9. The largest absolute Gasteiger partial charge is 0.493 e. The fourth-order valence-corrected chi connectivity index (χ4v) is 6.58. The van der Waals surface area contributed by atoms with E-state index in [2.05, 4.69) is 69.3 Å². The van der Waals surface area contributed by atoms with Crippen molar-refractivity contribution < 1.29 is 9.47 Å². The predicted molar refractivity (Wildman–Crippen MR) is 157 cm³/mol. The summed E-state index contributed by atoms with van der Waals surface area (Å²) in [6.07, 6.45) is 3.74. The quantitative estimate of drug-likeness (QED) is 0.340. The highest BCUT2D eigenvalue weighted by molar-refractivity contribution is 7.07. The first-order chi connectivity index (χ1) is 18.8. The van der Waals surface area contributed by atoms with E-state index in [1.165, 1.54) is 22.5 Å². The first kappa shape index (κ1) is 25.4. The lowest BCUT2D eigenvalue weighted by Gasteiger charge is -2.31. The smallest absolute Gasteiger partial charge is 0.271 e. The van der Waals surface area contributed by atoms with Crippen molar-refractivity contribution in [1.29, 1.82) is 0 Å². The van der Waals surface area contributed by atoms with Gasteiger partial charge in [0.15, 0.2) is 16.3 Å². The van der Waals surface area contributed by atoms with Gasteiger partial charge in [-0.15, -0.1) is 0 Å². The predicted octanol–water partition coefficient (Wildman–Crippen LogP) is 5.63. The summed E-state index contributed by atoms with van der Waals surface area (Å²) < 4.78 is 13.7. The van der Waals surface area contributed by atoms with Gasteiger partial charge in [0.1, 0.15) is 0 Å². The third-order valence-electron chi connectivity index (χ3n) is 7.67. The van der Waals surface area contributed by atoms with Gasteiger partial charge in [0.25, 0.3) is 5.56 Å². The number of methoxy groups -OCH3 is 2. The maximum atomic E-state index is 14.0. The second kappa shape index (κ2) is 9.69. The average Bonchev–Trinajstić information content (AvgIpc) is 3.25. The topological polar surface area (TPSA) is 52.8 Å². The molecule has 1 aromatic heterocycles. The Morgan fingerprint density at radius 2 is 1.69 bits per heavy atom. The van der Waals surface area contributed by atoms with Gasteiger partial charge in [0, 0.05) is 5.56 Å².